The number of hydrogen-bond acceptors (Lipinski definition) is 4. The molecule has 0 aliphatic carbocycles. The molecule has 0 spiro atoms. The van der Waals surface area contributed by atoms with Crippen LogP contribution in [0, 0.1) is 0 Å². The van der Waals surface area contributed by atoms with E-state index in [4.69, 9.17) is 16.3 Å². The number of halogens is 2. The van der Waals surface area contributed by atoms with Gasteiger partial charge in [-0.3, -0.25) is 9.89 Å². The molecule has 3 heterocycles. The number of benzene rings is 1. The fraction of sp³-hybridized carbons (Fsp3) is 0.474. The minimum Gasteiger partial charge on any atom is -0.381 e. The minimum atomic E-state index is -0.132. The van der Waals surface area contributed by atoms with E-state index in [9.17, 15) is 4.79 Å². The Morgan fingerprint density at radius 1 is 1.26 bits per heavy atom. The van der Waals surface area contributed by atoms with Crippen molar-refractivity contribution in [1.82, 2.24) is 20.8 Å². The first kappa shape index (κ1) is 20.1. The van der Waals surface area contributed by atoms with Crippen molar-refractivity contribution in [3.63, 3.8) is 0 Å². The Labute approximate surface area is 169 Å². The standard InChI is InChI=1S/C19H23ClN4O2.ClH/c20-14-3-1-13(2-4-14)19(6-9-26-10-7-19)12-22-18(25)17-15-11-21-8-5-16(15)23-24-17;/h1-4,21H,5-12H2,(H,22,25)(H,23,24);1H. The van der Waals surface area contributed by atoms with Crippen LogP contribution in [0.5, 0.6) is 0 Å². The second kappa shape index (κ2) is 8.61. The van der Waals surface area contributed by atoms with Crippen LogP contribution in [0.4, 0.5) is 0 Å². The molecule has 3 N–H and O–H groups in total. The molecule has 4 rings (SSSR count). The van der Waals surface area contributed by atoms with E-state index in [1.54, 1.807) is 0 Å². The van der Waals surface area contributed by atoms with E-state index >= 15 is 0 Å². The van der Waals surface area contributed by atoms with E-state index in [1.807, 2.05) is 12.1 Å². The number of aromatic nitrogens is 2. The third-order valence-electron chi connectivity index (χ3n) is 5.52. The monoisotopic (exact) mass is 410 g/mol. The topological polar surface area (TPSA) is 79.0 Å². The number of nitrogens with one attached hydrogen (secondary N) is 3. The molecule has 0 unspecified atom stereocenters. The zero-order valence-electron chi connectivity index (χ0n) is 15.0. The van der Waals surface area contributed by atoms with Gasteiger partial charge in [0, 0.05) is 61.0 Å². The van der Waals surface area contributed by atoms with Crippen LogP contribution < -0.4 is 10.6 Å². The molecule has 0 saturated carbocycles. The van der Waals surface area contributed by atoms with E-state index in [1.165, 1.54) is 5.56 Å². The summed E-state index contributed by atoms with van der Waals surface area (Å²) < 4.78 is 5.56. The third-order valence-corrected chi connectivity index (χ3v) is 5.77. The molecule has 8 heteroatoms. The molecule has 1 amide bonds. The van der Waals surface area contributed by atoms with Crippen LogP contribution in [0.1, 0.15) is 40.2 Å². The molecular formula is C19H24Cl2N4O2. The maximum Gasteiger partial charge on any atom is 0.272 e. The summed E-state index contributed by atoms with van der Waals surface area (Å²) in [6.45, 7) is 3.55. The number of nitrogens with zero attached hydrogens (tertiary/aromatic N) is 1. The minimum absolute atomic E-state index is 0. The summed E-state index contributed by atoms with van der Waals surface area (Å²) >= 11 is 6.05. The van der Waals surface area contributed by atoms with Gasteiger partial charge in [0.2, 0.25) is 0 Å². The number of hydrogen-bond donors (Lipinski definition) is 3. The van der Waals surface area contributed by atoms with E-state index in [-0.39, 0.29) is 23.7 Å². The van der Waals surface area contributed by atoms with Crippen LogP contribution in [0.3, 0.4) is 0 Å². The lowest BCUT2D eigenvalue weighted by Gasteiger charge is -2.38. The molecule has 6 nitrogen and oxygen atoms in total. The maximum absolute atomic E-state index is 12.8. The number of amides is 1. The zero-order valence-corrected chi connectivity index (χ0v) is 16.6. The number of ether oxygens (including phenoxy) is 1. The Bertz CT molecular complexity index is 786. The number of carbonyl (C=O) groups excluding carboxylic acids is 1. The molecule has 0 atom stereocenters. The highest BCUT2D eigenvalue weighted by Crippen LogP contribution is 2.35. The first-order chi connectivity index (χ1) is 12.7. The molecule has 2 aliphatic heterocycles. The van der Waals surface area contributed by atoms with Crippen LogP contribution in [0.25, 0.3) is 0 Å². The summed E-state index contributed by atoms with van der Waals surface area (Å²) in [5, 5.41) is 14.4. The van der Waals surface area contributed by atoms with Gasteiger partial charge in [0.05, 0.1) is 0 Å². The van der Waals surface area contributed by atoms with Crippen molar-refractivity contribution >= 4 is 29.9 Å². The summed E-state index contributed by atoms with van der Waals surface area (Å²) in [7, 11) is 0. The van der Waals surface area contributed by atoms with Gasteiger partial charge in [-0.15, -0.1) is 12.4 Å². The number of aromatic amines is 1. The highest BCUT2D eigenvalue weighted by molar-refractivity contribution is 6.30. The Morgan fingerprint density at radius 3 is 2.74 bits per heavy atom. The summed E-state index contributed by atoms with van der Waals surface area (Å²) in [4.78, 5) is 12.8. The fourth-order valence-electron chi connectivity index (χ4n) is 3.88. The molecule has 1 aromatic carbocycles. The van der Waals surface area contributed by atoms with Crippen molar-refractivity contribution in [1.29, 1.82) is 0 Å². The van der Waals surface area contributed by atoms with Gasteiger partial charge in [-0.2, -0.15) is 5.10 Å². The first-order valence-electron chi connectivity index (χ1n) is 9.07. The molecule has 146 valence electrons. The summed E-state index contributed by atoms with van der Waals surface area (Å²) in [6.07, 6.45) is 2.62. The predicted octanol–water partition coefficient (Wildman–Crippen LogP) is 2.61. The van der Waals surface area contributed by atoms with Gasteiger partial charge >= 0.3 is 0 Å². The highest BCUT2D eigenvalue weighted by Gasteiger charge is 2.35. The second-order valence-corrected chi connectivity index (χ2v) is 7.47. The van der Waals surface area contributed by atoms with Gasteiger partial charge in [0.25, 0.3) is 5.91 Å². The Balaban J connectivity index is 0.00000210. The molecule has 1 saturated heterocycles. The Kier molecular flexibility index (Phi) is 6.42. The molecule has 2 aliphatic rings. The number of H-pyrrole nitrogens is 1. The average molecular weight is 411 g/mol. The van der Waals surface area contributed by atoms with Crippen molar-refractivity contribution in [2.45, 2.75) is 31.2 Å². The van der Waals surface area contributed by atoms with Gasteiger partial charge in [-0.25, -0.2) is 0 Å². The zero-order chi connectivity index (χ0) is 18.0. The normalized spacial score (nSPS) is 18.3. The maximum atomic E-state index is 12.8. The molecule has 1 aromatic heterocycles. The van der Waals surface area contributed by atoms with Crippen LogP contribution >= 0.6 is 24.0 Å². The Hall–Kier alpha value is -1.60. The number of fused-ring (bicyclic) bond motifs is 1. The lowest BCUT2D eigenvalue weighted by atomic mass is 9.74. The van der Waals surface area contributed by atoms with Crippen LogP contribution in [0.15, 0.2) is 24.3 Å². The molecule has 27 heavy (non-hydrogen) atoms. The summed E-state index contributed by atoms with van der Waals surface area (Å²) in [6, 6.07) is 7.93. The predicted molar refractivity (Wildman–Crippen MR) is 107 cm³/mol. The van der Waals surface area contributed by atoms with Gasteiger partial charge in [0.1, 0.15) is 0 Å². The lowest BCUT2D eigenvalue weighted by molar-refractivity contribution is 0.0486. The van der Waals surface area contributed by atoms with Crippen LogP contribution in [-0.4, -0.2) is 42.4 Å². The van der Waals surface area contributed by atoms with Crippen molar-refractivity contribution < 1.29 is 9.53 Å². The SMILES string of the molecule is Cl.O=C(NCC1(c2ccc(Cl)cc2)CCOCC1)c1n[nH]c2c1CNCC2. The first-order valence-corrected chi connectivity index (χ1v) is 9.45. The molecule has 0 bridgehead atoms. The third kappa shape index (κ3) is 4.14. The quantitative estimate of drug-likeness (QED) is 0.723. The smallest absolute Gasteiger partial charge is 0.272 e. The van der Waals surface area contributed by atoms with Crippen LogP contribution in [-0.2, 0) is 23.1 Å². The molecule has 0 radical (unpaired) electrons. The molecule has 2 aromatic rings. The van der Waals surface area contributed by atoms with Gasteiger partial charge < -0.3 is 15.4 Å². The van der Waals surface area contributed by atoms with Crippen molar-refractivity contribution in [2.24, 2.45) is 0 Å². The number of rotatable bonds is 4. The lowest BCUT2D eigenvalue weighted by Crippen LogP contribution is -2.45. The summed E-state index contributed by atoms with van der Waals surface area (Å²) in [5.74, 6) is -0.119. The van der Waals surface area contributed by atoms with E-state index in [0.29, 0.717) is 32.0 Å². The van der Waals surface area contributed by atoms with Gasteiger partial charge in [-0.05, 0) is 30.5 Å². The molecular weight excluding hydrogens is 387 g/mol. The van der Waals surface area contributed by atoms with E-state index in [2.05, 4.69) is 33.0 Å². The van der Waals surface area contributed by atoms with E-state index in [0.717, 1.165) is 42.1 Å². The number of carbonyl (C=O) groups is 1. The Morgan fingerprint density at radius 2 is 2.00 bits per heavy atom. The van der Waals surface area contributed by atoms with E-state index < -0.39 is 0 Å². The largest absolute Gasteiger partial charge is 0.381 e. The average Bonchev–Trinajstić information content (AvgIpc) is 3.12. The summed E-state index contributed by atoms with van der Waals surface area (Å²) in [5.41, 5.74) is 3.61. The van der Waals surface area contributed by atoms with Gasteiger partial charge in [-0.1, -0.05) is 23.7 Å². The van der Waals surface area contributed by atoms with Crippen molar-refractivity contribution in [2.75, 3.05) is 26.3 Å². The van der Waals surface area contributed by atoms with Crippen molar-refractivity contribution in [3.8, 4) is 0 Å². The highest BCUT2D eigenvalue weighted by atomic mass is 35.5. The van der Waals surface area contributed by atoms with Crippen LogP contribution in [0.2, 0.25) is 5.02 Å². The van der Waals surface area contributed by atoms with Crippen molar-refractivity contribution in [3.05, 3.63) is 51.8 Å². The fourth-order valence-corrected chi connectivity index (χ4v) is 4.01. The molecule has 1 fully saturated rings. The van der Waals surface area contributed by atoms with Gasteiger partial charge in [0.15, 0.2) is 5.69 Å². The second-order valence-electron chi connectivity index (χ2n) is 7.04.